The zero-order valence-corrected chi connectivity index (χ0v) is 9.43. The first-order valence-corrected chi connectivity index (χ1v) is 5.02. The molecule has 0 fully saturated rings. The van der Waals surface area contributed by atoms with Crippen LogP contribution in [0.25, 0.3) is 0 Å². The summed E-state index contributed by atoms with van der Waals surface area (Å²) in [6, 6.07) is -0.0741. The monoisotopic (exact) mass is 269 g/mol. The molecule has 8 heteroatoms. The molecule has 15 heavy (non-hydrogen) atoms. The first kappa shape index (κ1) is 9.97. The lowest BCUT2D eigenvalue weighted by atomic mass is 10.3. The van der Waals surface area contributed by atoms with Crippen LogP contribution in [0.5, 0.6) is 0 Å². The number of nitrogens with zero attached hydrogens (tertiary/aromatic N) is 5. The van der Waals surface area contributed by atoms with E-state index in [0.717, 1.165) is 4.47 Å². The summed E-state index contributed by atoms with van der Waals surface area (Å²) in [4.78, 5) is 7.94. The second-order valence-corrected chi connectivity index (χ2v) is 3.71. The number of anilines is 1. The highest BCUT2D eigenvalue weighted by Gasteiger charge is 2.11. The van der Waals surface area contributed by atoms with E-state index in [1.165, 1.54) is 6.33 Å². The lowest BCUT2D eigenvalue weighted by Crippen LogP contribution is -2.10. The second kappa shape index (κ2) is 4.30. The number of aromatic amines is 1. The predicted molar refractivity (Wildman–Crippen MR) is 55.9 cm³/mol. The van der Waals surface area contributed by atoms with E-state index in [2.05, 4.69) is 51.8 Å². The van der Waals surface area contributed by atoms with Crippen LogP contribution < -0.4 is 5.32 Å². The van der Waals surface area contributed by atoms with Crippen molar-refractivity contribution in [3.05, 3.63) is 22.8 Å². The lowest BCUT2D eigenvalue weighted by Gasteiger charge is -2.10. The Morgan fingerprint density at radius 3 is 3.07 bits per heavy atom. The quantitative estimate of drug-likeness (QED) is 0.861. The number of H-pyrrole nitrogens is 1. The third-order valence-corrected chi connectivity index (χ3v) is 2.35. The van der Waals surface area contributed by atoms with E-state index in [-0.39, 0.29) is 6.04 Å². The fourth-order valence-corrected chi connectivity index (χ4v) is 1.38. The van der Waals surface area contributed by atoms with Gasteiger partial charge in [0, 0.05) is 6.20 Å². The molecule has 2 aromatic heterocycles. The van der Waals surface area contributed by atoms with E-state index in [1.54, 1.807) is 6.20 Å². The predicted octanol–water partition coefficient (Wildman–Crippen LogP) is 0.925. The first-order chi connectivity index (χ1) is 7.27. The van der Waals surface area contributed by atoms with Crippen LogP contribution in [0.1, 0.15) is 18.8 Å². The van der Waals surface area contributed by atoms with E-state index in [9.17, 15) is 0 Å². The molecule has 0 aliphatic rings. The molecular formula is C7H8BrN7. The molecule has 7 nitrogen and oxygen atoms in total. The second-order valence-electron chi connectivity index (χ2n) is 2.86. The maximum absolute atomic E-state index is 4.07. The zero-order valence-electron chi connectivity index (χ0n) is 7.85. The summed E-state index contributed by atoms with van der Waals surface area (Å²) in [6.45, 7) is 1.92. The Labute approximate surface area is 93.8 Å². The number of aromatic nitrogens is 6. The van der Waals surface area contributed by atoms with Crippen LogP contribution in [0.15, 0.2) is 17.0 Å². The summed E-state index contributed by atoms with van der Waals surface area (Å²) in [5.74, 6) is 1.28. The fraction of sp³-hybridized carbons (Fsp3) is 0.286. The molecule has 78 valence electrons. The van der Waals surface area contributed by atoms with Crippen molar-refractivity contribution in [2.24, 2.45) is 0 Å². The molecule has 0 aromatic carbocycles. The molecule has 0 saturated carbocycles. The topological polar surface area (TPSA) is 92.3 Å². The Bertz CT molecular complexity index is 429. The van der Waals surface area contributed by atoms with Gasteiger partial charge in [0.15, 0.2) is 5.82 Å². The molecule has 2 heterocycles. The summed E-state index contributed by atoms with van der Waals surface area (Å²) in [5, 5.41) is 16.8. The molecule has 0 amide bonds. The number of rotatable bonds is 3. The smallest absolute Gasteiger partial charge is 0.196 e. The van der Waals surface area contributed by atoms with E-state index in [0.29, 0.717) is 11.6 Å². The Morgan fingerprint density at radius 1 is 1.53 bits per heavy atom. The van der Waals surface area contributed by atoms with Crippen LogP contribution in [-0.2, 0) is 0 Å². The first-order valence-electron chi connectivity index (χ1n) is 4.22. The minimum absolute atomic E-state index is 0.0741. The van der Waals surface area contributed by atoms with Gasteiger partial charge in [-0.3, -0.25) is 0 Å². The van der Waals surface area contributed by atoms with Gasteiger partial charge >= 0.3 is 0 Å². The van der Waals surface area contributed by atoms with Gasteiger partial charge in [0.25, 0.3) is 0 Å². The largest absolute Gasteiger partial charge is 0.359 e. The molecule has 1 atom stereocenters. The SMILES string of the molecule is CC(Nc1ncncc1Br)c1nn[nH]n1. The molecule has 0 spiro atoms. The highest BCUT2D eigenvalue weighted by molar-refractivity contribution is 9.10. The van der Waals surface area contributed by atoms with Crippen molar-refractivity contribution in [1.29, 1.82) is 0 Å². The number of tetrazole rings is 1. The highest BCUT2D eigenvalue weighted by Crippen LogP contribution is 2.21. The number of hydrogen-bond donors (Lipinski definition) is 2. The van der Waals surface area contributed by atoms with Gasteiger partial charge in [-0.1, -0.05) is 5.21 Å². The molecule has 1 unspecified atom stereocenters. The summed E-state index contributed by atoms with van der Waals surface area (Å²) in [5.41, 5.74) is 0. The van der Waals surface area contributed by atoms with Gasteiger partial charge in [-0.25, -0.2) is 9.97 Å². The van der Waals surface area contributed by atoms with E-state index >= 15 is 0 Å². The van der Waals surface area contributed by atoms with Gasteiger partial charge in [0.05, 0.1) is 10.5 Å². The number of nitrogens with one attached hydrogen (secondary N) is 2. The molecular weight excluding hydrogens is 262 g/mol. The summed E-state index contributed by atoms with van der Waals surface area (Å²) in [6.07, 6.45) is 3.13. The molecule has 2 rings (SSSR count). The minimum atomic E-state index is -0.0741. The zero-order chi connectivity index (χ0) is 10.7. The van der Waals surface area contributed by atoms with Gasteiger partial charge < -0.3 is 5.32 Å². The fourth-order valence-electron chi connectivity index (χ4n) is 1.04. The van der Waals surface area contributed by atoms with E-state index in [1.807, 2.05) is 6.92 Å². The van der Waals surface area contributed by atoms with Crippen molar-refractivity contribution >= 4 is 21.7 Å². The molecule has 0 aliphatic carbocycles. The van der Waals surface area contributed by atoms with E-state index in [4.69, 9.17) is 0 Å². The third-order valence-electron chi connectivity index (χ3n) is 1.77. The maximum Gasteiger partial charge on any atom is 0.196 e. The van der Waals surface area contributed by atoms with Crippen LogP contribution in [0.4, 0.5) is 5.82 Å². The minimum Gasteiger partial charge on any atom is -0.359 e. The molecule has 0 saturated heterocycles. The van der Waals surface area contributed by atoms with Crippen molar-refractivity contribution in [1.82, 2.24) is 30.6 Å². The standard InChI is InChI=1S/C7H8BrN7/c1-4(6-12-14-15-13-6)11-7-5(8)2-9-3-10-7/h2-4H,1H3,(H,9,10,11)(H,12,13,14,15). The van der Waals surface area contributed by atoms with Crippen LogP contribution in [0, 0.1) is 0 Å². The normalized spacial score (nSPS) is 12.4. The van der Waals surface area contributed by atoms with Gasteiger partial charge in [-0.2, -0.15) is 5.21 Å². The summed E-state index contributed by atoms with van der Waals surface area (Å²) in [7, 11) is 0. The Balaban J connectivity index is 2.13. The van der Waals surface area contributed by atoms with Crippen molar-refractivity contribution in [2.75, 3.05) is 5.32 Å². The van der Waals surface area contributed by atoms with Crippen LogP contribution in [0.3, 0.4) is 0 Å². The van der Waals surface area contributed by atoms with Crippen molar-refractivity contribution in [3.8, 4) is 0 Å². The number of halogens is 1. The average molecular weight is 270 g/mol. The molecule has 0 radical (unpaired) electrons. The van der Waals surface area contributed by atoms with Gasteiger partial charge in [0.2, 0.25) is 0 Å². The van der Waals surface area contributed by atoms with Crippen LogP contribution in [-0.4, -0.2) is 30.6 Å². The van der Waals surface area contributed by atoms with Crippen molar-refractivity contribution in [3.63, 3.8) is 0 Å². The van der Waals surface area contributed by atoms with Gasteiger partial charge in [-0.05, 0) is 22.9 Å². The highest BCUT2D eigenvalue weighted by atomic mass is 79.9. The maximum atomic E-state index is 4.07. The average Bonchev–Trinajstić information content (AvgIpc) is 2.74. The molecule has 2 N–H and O–H groups in total. The Hall–Kier alpha value is -1.57. The number of hydrogen-bond acceptors (Lipinski definition) is 6. The lowest BCUT2D eigenvalue weighted by molar-refractivity contribution is 0.786. The molecule has 0 aliphatic heterocycles. The van der Waals surface area contributed by atoms with Crippen molar-refractivity contribution in [2.45, 2.75) is 13.0 Å². The molecule has 2 aromatic rings. The third kappa shape index (κ3) is 2.27. The van der Waals surface area contributed by atoms with Crippen LogP contribution >= 0.6 is 15.9 Å². The van der Waals surface area contributed by atoms with E-state index < -0.39 is 0 Å². The Kier molecular flexibility index (Phi) is 2.86. The Morgan fingerprint density at radius 2 is 2.40 bits per heavy atom. The van der Waals surface area contributed by atoms with Crippen LogP contribution in [0.2, 0.25) is 0 Å². The summed E-state index contributed by atoms with van der Waals surface area (Å²) >= 11 is 3.34. The van der Waals surface area contributed by atoms with Gasteiger partial charge in [0.1, 0.15) is 12.1 Å². The van der Waals surface area contributed by atoms with Gasteiger partial charge in [-0.15, -0.1) is 10.2 Å². The molecule has 0 bridgehead atoms. The summed E-state index contributed by atoms with van der Waals surface area (Å²) < 4.78 is 0.792. The van der Waals surface area contributed by atoms with Crippen molar-refractivity contribution < 1.29 is 0 Å².